The van der Waals surface area contributed by atoms with Crippen LogP contribution in [-0.2, 0) is 4.79 Å². The molecule has 0 bridgehead atoms. The standard InChI is InChI=1S/C15H24N2O.ClH/c1-3-13(14-8-6-5-7-9-14)12-15(18)17-11-10-16-4-2;/h5-9,13,16H,3-4,10-12H2,1-2H3,(H,17,18);1H. The highest BCUT2D eigenvalue weighted by Gasteiger charge is 2.13. The Morgan fingerprint density at radius 3 is 2.42 bits per heavy atom. The molecule has 0 fully saturated rings. The third-order valence-electron chi connectivity index (χ3n) is 3.07. The van der Waals surface area contributed by atoms with Crippen LogP contribution in [-0.4, -0.2) is 25.5 Å². The molecule has 0 aliphatic rings. The number of nitrogens with one attached hydrogen (secondary N) is 2. The van der Waals surface area contributed by atoms with Gasteiger partial charge < -0.3 is 10.6 Å². The molecular weight excluding hydrogens is 260 g/mol. The summed E-state index contributed by atoms with van der Waals surface area (Å²) < 4.78 is 0. The largest absolute Gasteiger partial charge is 0.355 e. The second-order valence-electron chi connectivity index (χ2n) is 4.42. The molecule has 1 rings (SSSR count). The van der Waals surface area contributed by atoms with Gasteiger partial charge in [-0.2, -0.15) is 0 Å². The van der Waals surface area contributed by atoms with Crippen molar-refractivity contribution < 1.29 is 4.79 Å². The molecule has 1 atom stereocenters. The first-order chi connectivity index (χ1) is 8.77. The van der Waals surface area contributed by atoms with Gasteiger partial charge in [0.25, 0.3) is 0 Å². The van der Waals surface area contributed by atoms with E-state index >= 15 is 0 Å². The topological polar surface area (TPSA) is 41.1 Å². The van der Waals surface area contributed by atoms with Crippen LogP contribution < -0.4 is 10.6 Å². The number of amides is 1. The summed E-state index contributed by atoms with van der Waals surface area (Å²) in [7, 11) is 0. The predicted molar refractivity (Wildman–Crippen MR) is 82.9 cm³/mol. The molecule has 0 radical (unpaired) electrons. The molecule has 1 aromatic carbocycles. The Hall–Kier alpha value is -1.06. The van der Waals surface area contributed by atoms with E-state index in [1.165, 1.54) is 5.56 Å². The van der Waals surface area contributed by atoms with Crippen molar-refractivity contribution in [2.75, 3.05) is 19.6 Å². The van der Waals surface area contributed by atoms with Crippen LogP contribution in [0.4, 0.5) is 0 Å². The van der Waals surface area contributed by atoms with E-state index in [0.29, 0.717) is 18.9 Å². The van der Waals surface area contributed by atoms with Gasteiger partial charge in [-0.25, -0.2) is 0 Å². The number of rotatable bonds is 8. The van der Waals surface area contributed by atoms with Gasteiger partial charge in [-0.05, 0) is 24.4 Å². The van der Waals surface area contributed by atoms with Gasteiger partial charge in [0, 0.05) is 19.5 Å². The lowest BCUT2D eigenvalue weighted by Crippen LogP contribution is -2.32. The molecule has 0 saturated heterocycles. The van der Waals surface area contributed by atoms with E-state index in [1.54, 1.807) is 0 Å². The second-order valence-corrected chi connectivity index (χ2v) is 4.42. The van der Waals surface area contributed by atoms with Gasteiger partial charge in [0.05, 0.1) is 0 Å². The zero-order chi connectivity index (χ0) is 13.2. The number of carbonyl (C=O) groups excluding carboxylic acids is 1. The highest BCUT2D eigenvalue weighted by atomic mass is 35.5. The highest BCUT2D eigenvalue weighted by molar-refractivity contribution is 5.85. The minimum atomic E-state index is 0. The van der Waals surface area contributed by atoms with Crippen molar-refractivity contribution in [3.05, 3.63) is 35.9 Å². The van der Waals surface area contributed by atoms with Crippen molar-refractivity contribution in [3.63, 3.8) is 0 Å². The van der Waals surface area contributed by atoms with E-state index < -0.39 is 0 Å². The maximum Gasteiger partial charge on any atom is 0.220 e. The third kappa shape index (κ3) is 7.19. The summed E-state index contributed by atoms with van der Waals surface area (Å²) in [6, 6.07) is 10.3. The molecular formula is C15H25ClN2O. The summed E-state index contributed by atoms with van der Waals surface area (Å²) in [5.41, 5.74) is 1.25. The summed E-state index contributed by atoms with van der Waals surface area (Å²) in [6.07, 6.45) is 1.57. The van der Waals surface area contributed by atoms with Gasteiger partial charge in [-0.1, -0.05) is 44.2 Å². The normalized spacial score (nSPS) is 11.5. The Morgan fingerprint density at radius 2 is 1.84 bits per heavy atom. The SMILES string of the molecule is CCNCCNC(=O)CC(CC)c1ccccc1.Cl. The molecule has 0 saturated carbocycles. The van der Waals surface area contributed by atoms with Gasteiger partial charge in [0.15, 0.2) is 0 Å². The Balaban J connectivity index is 0.00000324. The maximum atomic E-state index is 11.8. The third-order valence-corrected chi connectivity index (χ3v) is 3.07. The predicted octanol–water partition coefficient (Wildman–Crippen LogP) is 2.72. The van der Waals surface area contributed by atoms with Crippen molar-refractivity contribution in [1.82, 2.24) is 10.6 Å². The quantitative estimate of drug-likeness (QED) is 0.721. The zero-order valence-corrected chi connectivity index (χ0v) is 12.6. The van der Waals surface area contributed by atoms with Crippen LogP contribution in [0.3, 0.4) is 0 Å². The summed E-state index contributed by atoms with van der Waals surface area (Å²) in [5.74, 6) is 0.467. The van der Waals surface area contributed by atoms with Crippen molar-refractivity contribution in [2.45, 2.75) is 32.6 Å². The number of likely N-dealkylation sites (N-methyl/N-ethyl adjacent to an activating group) is 1. The van der Waals surface area contributed by atoms with Crippen molar-refractivity contribution in [3.8, 4) is 0 Å². The molecule has 1 amide bonds. The van der Waals surface area contributed by atoms with Crippen LogP contribution in [0, 0.1) is 0 Å². The van der Waals surface area contributed by atoms with Crippen LogP contribution >= 0.6 is 12.4 Å². The second kappa shape index (κ2) is 10.8. The van der Waals surface area contributed by atoms with E-state index in [2.05, 4.69) is 36.6 Å². The number of hydrogen-bond acceptors (Lipinski definition) is 2. The molecule has 0 heterocycles. The first kappa shape index (κ1) is 17.9. The Bertz CT molecular complexity index is 343. The van der Waals surface area contributed by atoms with Crippen molar-refractivity contribution in [2.24, 2.45) is 0 Å². The molecule has 3 nitrogen and oxygen atoms in total. The van der Waals surface area contributed by atoms with E-state index in [-0.39, 0.29) is 18.3 Å². The van der Waals surface area contributed by atoms with Gasteiger partial charge in [-0.3, -0.25) is 4.79 Å². The molecule has 4 heteroatoms. The summed E-state index contributed by atoms with van der Waals surface area (Å²) in [4.78, 5) is 11.8. The Labute approximate surface area is 122 Å². The van der Waals surface area contributed by atoms with E-state index in [4.69, 9.17) is 0 Å². The monoisotopic (exact) mass is 284 g/mol. The van der Waals surface area contributed by atoms with E-state index in [0.717, 1.165) is 19.5 Å². The number of benzene rings is 1. The van der Waals surface area contributed by atoms with Crippen molar-refractivity contribution in [1.29, 1.82) is 0 Å². The fourth-order valence-corrected chi connectivity index (χ4v) is 1.99. The fraction of sp³-hybridized carbons (Fsp3) is 0.533. The average Bonchev–Trinajstić information content (AvgIpc) is 2.42. The minimum Gasteiger partial charge on any atom is -0.355 e. The van der Waals surface area contributed by atoms with E-state index in [9.17, 15) is 4.79 Å². The van der Waals surface area contributed by atoms with Gasteiger partial charge in [0.2, 0.25) is 5.91 Å². The van der Waals surface area contributed by atoms with Crippen molar-refractivity contribution >= 4 is 18.3 Å². The molecule has 1 unspecified atom stereocenters. The molecule has 0 spiro atoms. The highest BCUT2D eigenvalue weighted by Crippen LogP contribution is 2.22. The van der Waals surface area contributed by atoms with Gasteiger partial charge in [0.1, 0.15) is 0 Å². The molecule has 19 heavy (non-hydrogen) atoms. The van der Waals surface area contributed by atoms with Crippen LogP contribution in [0.5, 0.6) is 0 Å². The Kier molecular flexibility index (Phi) is 10.2. The number of hydrogen-bond donors (Lipinski definition) is 2. The number of carbonyl (C=O) groups is 1. The summed E-state index contributed by atoms with van der Waals surface area (Å²) in [5, 5.41) is 6.14. The summed E-state index contributed by atoms with van der Waals surface area (Å²) >= 11 is 0. The molecule has 2 N–H and O–H groups in total. The lowest BCUT2D eigenvalue weighted by molar-refractivity contribution is -0.121. The molecule has 108 valence electrons. The van der Waals surface area contributed by atoms with Crippen LogP contribution in [0.1, 0.15) is 38.2 Å². The maximum absolute atomic E-state index is 11.8. The minimum absolute atomic E-state index is 0. The first-order valence-corrected chi connectivity index (χ1v) is 6.80. The molecule has 0 aliphatic carbocycles. The molecule has 0 aliphatic heterocycles. The molecule has 1 aromatic rings. The smallest absolute Gasteiger partial charge is 0.220 e. The first-order valence-electron chi connectivity index (χ1n) is 6.80. The van der Waals surface area contributed by atoms with Crippen LogP contribution in [0.25, 0.3) is 0 Å². The fourth-order valence-electron chi connectivity index (χ4n) is 1.99. The number of halogens is 1. The van der Waals surface area contributed by atoms with Gasteiger partial charge >= 0.3 is 0 Å². The average molecular weight is 285 g/mol. The molecule has 0 aromatic heterocycles. The summed E-state index contributed by atoms with van der Waals surface area (Å²) in [6.45, 7) is 6.67. The Morgan fingerprint density at radius 1 is 1.16 bits per heavy atom. The van der Waals surface area contributed by atoms with Crippen LogP contribution in [0.2, 0.25) is 0 Å². The van der Waals surface area contributed by atoms with E-state index in [1.807, 2.05) is 18.2 Å². The van der Waals surface area contributed by atoms with Crippen LogP contribution in [0.15, 0.2) is 30.3 Å². The lowest BCUT2D eigenvalue weighted by atomic mass is 9.93. The zero-order valence-electron chi connectivity index (χ0n) is 11.8. The van der Waals surface area contributed by atoms with Gasteiger partial charge in [-0.15, -0.1) is 12.4 Å². The lowest BCUT2D eigenvalue weighted by Gasteiger charge is -2.15.